The Labute approximate surface area is 135 Å². The Morgan fingerprint density at radius 1 is 1.20 bits per heavy atom. The van der Waals surface area contributed by atoms with Gasteiger partial charge >= 0.3 is 0 Å². The van der Waals surface area contributed by atoms with E-state index in [2.05, 4.69) is 54.3 Å². The second-order valence-electron chi connectivity index (χ2n) is 4.53. The molecule has 20 heavy (non-hydrogen) atoms. The summed E-state index contributed by atoms with van der Waals surface area (Å²) in [6, 6.07) is 12.1. The van der Waals surface area contributed by atoms with Crippen molar-refractivity contribution < 1.29 is 5.11 Å². The number of rotatable bonds is 6. The smallest absolute Gasteiger partial charge is 0.0684 e. The first-order chi connectivity index (χ1) is 9.69. The largest absolute Gasteiger partial charge is 0.395 e. The molecule has 106 valence electrons. The molecular weight excluding hydrogens is 384 g/mol. The van der Waals surface area contributed by atoms with Gasteiger partial charge in [0.05, 0.1) is 12.3 Å². The first-order valence-electron chi connectivity index (χ1n) is 6.37. The molecule has 1 atom stereocenters. The molecule has 0 aliphatic carbocycles. The summed E-state index contributed by atoms with van der Waals surface area (Å²) in [5.41, 5.74) is 2.14. The summed E-state index contributed by atoms with van der Waals surface area (Å²) in [7, 11) is 0. The topological polar surface area (TPSA) is 45.1 Å². The zero-order valence-corrected chi connectivity index (χ0v) is 14.1. The number of hydrogen-bond acceptors (Lipinski definition) is 3. The lowest BCUT2D eigenvalue weighted by Crippen LogP contribution is -2.34. The minimum atomic E-state index is 0.0229. The number of aliphatic hydroxyl groups is 1. The van der Waals surface area contributed by atoms with E-state index in [0.29, 0.717) is 6.54 Å². The van der Waals surface area contributed by atoms with Crippen molar-refractivity contribution in [2.75, 3.05) is 6.61 Å². The van der Waals surface area contributed by atoms with Crippen LogP contribution in [-0.4, -0.2) is 22.7 Å². The maximum atomic E-state index is 9.48. The van der Waals surface area contributed by atoms with Crippen LogP contribution in [0.2, 0.25) is 0 Å². The van der Waals surface area contributed by atoms with Crippen LogP contribution >= 0.6 is 31.9 Å². The molecule has 0 saturated heterocycles. The maximum Gasteiger partial charge on any atom is 0.0684 e. The van der Waals surface area contributed by atoms with Gasteiger partial charge in [0.1, 0.15) is 0 Å². The molecule has 2 rings (SSSR count). The van der Waals surface area contributed by atoms with E-state index >= 15 is 0 Å². The molecule has 1 aromatic heterocycles. The Morgan fingerprint density at radius 2 is 1.95 bits per heavy atom. The first kappa shape index (κ1) is 15.6. The summed E-state index contributed by atoms with van der Waals surface area (Å²) in [5.74, 6) is 0. The molecule has 0 unspecified atom stereocenters. The summed E-state index contributed by atoms with van der Waals surface area (Å²) >= 11 is 6.87. The zero-order chi connectivity index (χ0) is 14.4. The molecule has 0 amide bonds. The summed E-state index contributed by atoms with van der Waals surface area (Å²) in [6.45, 7) is 0.717. The summed E-state index contributed by atoms with van der Waals surface area (Å²) < 4.78 is 1.90. The number of aliphatic hydroxyl groups excluding tert-OH is 1. The van der Waals surface area contributed by atoms with Gasteiger partial charge in [0.15, 0.2) is 0 Å². The quantitative estimate of drug-likeness (QED) is 0.783. The highest BCUT2D eigenvalue weighted by molar-refractivity contribution is 9.11. The number of hydrogen-bond donors (Lipinski definition) is 2. The van der Waals surface area contributed by atoms with E-state index in [9.17, 15) is 5.11 Å². The highest BCUT2D eigenvalue weighted by Gasteiger charge is 2.10. The van der Waals surface area contributed by atoms with E-state index < -0.39 is 0 Å². The van der Waals surface area contributed by atoms with Crippen molar-refractivity contribution in [3.8, 4) is 0 Å². The normalized spacial score (nSPS) is 12.3. The summed E-state index contributed by atoms with van der Waals surface area (Å²) in [5, 5.41) is 12.8. The van der Waals surface area contributed by atoms with Crippen LogP contribution in [0.4, 0.5) is 0 Å². The second kappa shape index (κ2) is 7.88. The molecular formula is C15H16Br2N2O. The van der Waals surface area contributed by atoms with Crippen LogP contribution in [0.3, 0.4) is 0 Å². The van der Waals surface area contributed by atoms with Gasteiger partial charge in [-0.2, -0.15) is 0 Å². The van der Waals surface area contributed by atoms with Crippen LogP contribution in [-0.2, 0) is 13.0 Å². The van der Waals surface area contributed by atoms with Crippen LogP contribution < -0.4 is 5.32 Å². The summed E-state index contributed by atoms with van der Waals surface area (Å²) in [6.07, 6.45) is 2.57. The van der Waals surface area contributed by atoms with Crippen molar-refractivity contribution in [2.24, 2.45) is 0 Å². The number of nitrogens with one attached hydrogen (secondary N) is 1. The Balaban J connectivity index is 1.93. The average Bonchev–Trinajstić information content (AvgIpc) is 2.46. The summed E-state index contributed by atoms with van der Waals surface area (Å²) in [4.78, 5) is 4.35. The molecule has 0 spiro atoms. The molecule has 1 heterocycles. The Bertz CT molecular complexity index is 549. The lowest BCUT2D eigenvalue weighted by Gasteiger charge is -2.16. The van der Waals surface area contributed by atoms with Crippen molar-refractivity contribution in [2.45, 2.75) is 19.0 Å². The van der Waals surface area contributed by atoms with Crippen molar-refractivity contribution in [1.29, 1.82) is 0 Å². The van der Waals surface area contributed by atoms with Gasteiger partial charge in [-0.25, -0.2) is 0 Å². The number of aromatic nitrogens is 1. The monoisotopic (exact) mass is 398 g/mol. The Hall–Kier alpha value is -0.750. The number of halogens is 2. The van der Waals surface area contributed by atoms with Crippen molar-refractivity contribution >= 4 is 31.9 Å². The fourth-order valence-electron chi connectivity index (χ4n) is 1.91. The Kier molecular flexibility index (Phi) is 6.16. The van der Waals surface area contributed by atoms with Gasteiger partial charge in [0, 0.05) is 27.7 Å². The van der Waals surface area contributed by atoms with E-state index in [1.807, 2.05) is 24.3 Å². The molecule has 2 aromatic rings. The van der Waals surface area contributed by atoms with E-state index in [1.165, 1.54) is 5.56 Å². The predicted molar refractivity (Wildman–Crippen MR) is 87.5 cm³/mol. The molecule has 0 fully saturated rings. The van der Waals surface area contributed by atoms with Crippen LogP contribution in [0.15, 0.2) is 51.5 Å². The van der Waals surface area contributed by atoms with E-state index in [0.717, 1.165) is 21.1 Å². The minimum absolute atomic E-state index is 0.0229. The molecule has 0 saturated carbocycles. The molecule has 3 nitrogen and oxygen atoms in total. The molecule has 5 heteroatoms. The van der Waals surface area contributed by atoms with Crippen molar-refractivity contribution in [3.05, 3.63) is 62.8 Å². The second-order valence-corrected chi connectivity index (χ2v) is 6.30. The van der Waals surface area contributed by atoms with Gasteiger partial charge in [0.25, 0.3) is 0 Å². The van der Waals surface area contributed by atoms with E-state index in [1.54, 1.807) is 6.20 Å². The third-order valence-corrected chi connectivity index (χ3v) is 4.11. The Morgan fingerprint density at radius 3 is 2.60 bits per heavy atom. The van der Waals surface area contributed by atoms with E-state index in [4.69, 9.17) is 0 Å². The van der Waals surface area contributed by atoms with Crippen molar-refractivity contribution in [1.82, 2.24) is 10.3 Å². The number of nitrogens with zero attached hydrogens (tertiary/aromatic N) is 1. The van der Waals surface area contributed by atoms with Crippen molar-refractivity contribution in [3.63, 3.8) is 0 Å². The van der Waals surface area contributed by atoms with Gasteiger partial charge in [-0.15, -0.1) is 0 Å². The highest BCUT2D eigenvalue weighted by Crippen LogP contribution is 2.19. The van der Waals surface area contributed by atoms with Gasteiger partial charge in [-0.05, 0) is 49.9 Å². The minimum Gasteiger partial charge on any atom is -0.395 e. The molecule has 2 N–H and O–H groups in total. The zero-order valence-electron chi connectivity index (χ0n) is 10.9. The fourth-order valence-corrected chi connectivity index (χ4v) is 3.04. The van der Waals surface area contributed by atoms with Crippen LogP contribution in [0, 0.1) is 0 Å². The molecule has 0 aliphatic heterocycles. The fraction of sp³-hybridized carbons (Fsp3) is 0.267. The molecule has 0 radical (unpaired) electrons. The lowest BCUT2D eigenvalue weighted by molar-refractivity contribution is 0.240. The highest BCUT2D eigenvalue weighted by atomic mass is 79.9. The van der Waals surface area contributed by atoms with Gasteiger partial charge in [0.2, 0.25) is 0 Å². The molecule has 0 bridgehead atoms. The lowest BCUT2D eigenvalue weighted by atomic mass is 10.1. The van der Waals surface area contributed by atoms with Crippen LogP contribution in [0.5, 0.6) is 0 Å². The first-order valence-corrected chi connectivity index (χ1v) is 7.95. The maximum absolute atomic E-state index is 9.48. The van der Waals surface area contributed by atoms with Gasteiger partial charge in [-0.1, -0.05) is 30.3 Å². The van der Waals surface area contributed by atoms with Gasteiger partial charge < -0.3 is 10.4 Å². The number of benzene rings is 1. The molecule has 1 aromatic carbocycles. The van der Waals surface area contributed by atoms with E-state index in [-0.39, 0.29) is 12.6 Å². The van der Waals surface area contributed by atoms with Crippen LogP contribution in [0.1, 0.15) is 11.3 Å². The van der Waals surface area contributed by atoms with Crippen LogP contribution in [0.25, 0.3) is 0 Å². The standard InChI is InChI=1S/C15H16Br2N2O/c16-12-7-14(17)15(19-8-12)9-18-13(10-20)6-11-4-2-1-3-5-11/h1-5,7-8,13,18,20H,6,9-10H2/t13-/m0/s1. The SMILES string of the molecule is OC[C@H](Cc1ccccc1)NCc1ncc(Br)cc1Br. The molecule has 0 aliphatic rings. The predicted octanol–water partition coefficient (Wildman–Crippen LogP) is 3.30. The van der Waals surface area contributed by atoms with Gasteiger partial charge in [-0.3, -0.25) is 4.98 Å². The third-order valence-electron chi connectivity index (χ3n) is 2.99. The average molecular weight is 400 g/mol. The number of pyridine rings is 1. The third kappa shape index (κ3) is 4.66.